The van der Waals surface area contributed by atoms with Gasteiger partial charge < -0.3 is 10.2 Å². The number of aryl methyl sites for hydroxylation is 2. The lowest BCUT2D eigenvalue weighted by molar-refractivity contribution is -0.142. The quantitative estimate of drug-likeness (QED) is 0.506. The van der Waals surface area contributed by atoms with Crippen molar-refractivity contribution in [3.8, 4) is 0 Å². The third-order valence-corrected chi connectivity index (χ3v) is 4.57. The van der Waals surface area contributed by atoms with Crippen molar-refractivity contribution in [2.45, 2.75) is 59.8 Å². The van der Waals surface area contributed by atoms with Crippen molar-refractivity contribution in [2.75, 3.05) is 0 Å². The summed E-state index contributed by atoms with van der Waals surface area (Å²) in [6.45, 7) is 7.43. The molecule has 0 aliphatic heterocycles. The summed E-state index contributed by atoms with van der Waals surface area (Å²) in [4.78, 5) is 21.1. The Morgan fingerprint density at radius 2 is 1.23 bits per heavy atom. The maximum Gasteiger partial charge on any atom is 0.306 e. The van der Waals surface area contributed by atoms with Gasteiger partial charge >= 0.3 is 11.9 Å². The number of aliphatic carboxylic acids is 2. The van der Waals surface area contributed by atoms with Crippen molar-refractivity contribution in [1.82, 2.24) is 0 Å². The number of benzene rings is 2. The van der Waals surface area contributed by atoms with Crippen LogP contribution < -0.4 is 0 Å². The first kappa shape index (κ1) is 27.3. The van der Waals surface area contributed by atoms with Gasteiger partial charge in [-0.3, -0.25) is 9.59 Å². The number of hydrogen-bond donors (Lipinski definition) is 2. The molecule has 2 rings (SSSR count). The van der Waals surface area contributed by atoms with Crippen LogP contribution in [0.25, 0.3) is 0 Å². The van der Waals surface area contributed by atoms with E-state index < -0.39 is 11.9 Å². The second-order valence-corrected chi connectivity index (χ2v) is 7.02. The lowest BCUT2D eigenvalue weighted by Gasteiger charge is -2.05. The minimum Gasteiger partial charge on any atom is -0.481 e. The van der Waals surface area contributed by atoms with Crippen molar-refractivity contribution < 1.29 is 24.2 Å². The predicted molar refractivity (Wildman–Crippen MR) is 119 cm³/mol. The maximum absolute atomic E-state index is 12.5. The van der Waals surface area contributed by atoms with Gasteiger partial charge in [0.15, 0.2) is 0 Å². The second-order valence-electron chi connectivity index (χ2n) is 7.02. The van der Waals surface area contributed by atoms with E-state index in [1.54, 1.807) is 26.0 Å². The predicted octanol–water partition coefficient (Wildman–Crippen LogP) is 6.24. The molecule has 0 radical (unpaired) electrons. The highest BCUT2D eigenvalue weighted by molar-refractivity contribution is 5.69. The molecule has 0 heterocycles. The zero-order valence-corrected chi connectivity index (χ0v) is 18.5. The first-order valence-electron chi connectivity index (χ1n) is 10.5. The number of carboxylic acid groups (broad SMARTS) is 2. The number of halogens is 1. The fourth-order valence-corrected chi connectivity index (χ4v) is 2.54. The third-order valence-electron chi connectivity index (χ3n) is 4.57. The number of rotatable bonds is 9. The Morgan fingerprint density at radius 3 is 1.73 bits per heavy atom. The largest absolute Gasteiger partial charge is 0.481 e. The Bertz CT molecular complexity index is 714. The summed E-state index contributed by atoms with van der Waals surface area (Å²) in [6, 6.07) is 16.3. The van der Waals surface area contributed by atoms with Crippen LogP contribution in [0.15, 0.2) is 54.6 Å². The molecule has 2 aromatic carbocycles. The van der Waals surface area contributed by atoms with E-state index in [0.717, 1.165) is 24.8 Å². The van der Waals surface area contributed by atoms with E-state index in [2.05, 4.69) is 12.1 Å². The van der Waals surface area contributed by atoms with Crippen molar-refractivity contribution in [2.24, 2.45) is 11.8 Å². The lowest BCUT2D eigenvalue weighted by Crippen LogP contribution is -2.10. The summed E-state index contributed by atoms with van der Waals surface area (Å²) < 4.78 is 12.5. The average Bonchev–Trinajstić information content (AvgIpc) is 2.75. The second kappa shape index (κ2) is 16.1. The summed E-state index contributed by atoms with van der Waals surface area (Å²) in [5.41, 5.74) is 2.25. The molecule has 30 heavy (non-hydrogen) atoms. The highest BCUT2D eigenvalue weighted by atomic mass is 19.1. The van der Waals surface area contributed by atoms with Crippen LogP contribution in [0.3, 0.4) is 0 Å². The monoisotopic (exact) mass is 418 g/mol. The molecule has 0 saturated carbocycles. The number of carboxylic acids is 2. The van der Waals surface area contributed by atoms with Gasteiger partial charge in [0.25, 0.3) is 0 Å². The summed E-state index contributed by atoms with van der Waals surface area (Å²) >= 11 is 0. The fourth-order valence-electron chi connectivity index (χ4n) is 2.54. The Morgan fingerprint density at radius 1 is 0.767 bits per heavy atom. The minimum atomic E-state index is -0.785. The fraction of sp³-hybridized carbons (Fsp3) is 0.440. The molecule has 0 aliphatic carbocycles. The number of hydrogen-bond acceptors (Lipinski definition) is 2. The molecule has 0 spiro atoms. The Kier molecular flexibility index (Phi) is 14.7. The van der Waals surface area contributed by atoms with Gasteiger partial charge in [-0.05, 0) is 55.4 Å². The van der Waals surface area contributed by atoms with E-state index in [1.807, 2.05) is 32.0 Å². The molecule has 2 aromatic rings. The molecule has 0 fully saturated rings. The molecule has 5 heteroatoms. The van der Waals surface area contributed by atoms with Gasteiger partial charge in [0, 0.05) is 0 Å². The van der Waals surface area contributed by atoms with Crippen molar-refractivity contribution in [3.05, 3.63) is 71.5 Å². The van der Waals surface area contributed by atoms with Crippen LogP contribution in [-0.4, -0.2) is 22.2 Å². The summed E-state index contributed by atoms with van der Waals surface area (Å²) in [6.07, 6.45) is 3.93. The standard InChI is InChI=1S/C12H16O2.C11H13FO2.C2H6/c1-10(12(13)14)6-5-9-11-7-3-2-4-8-11;1-8(11(13)14)2-3-9-4-6-10(12)7-5-9;1-2/h2-4,7-8,10H,5-6,9H2,1H3,(H,13,14);4-8H,2-3H2,1H3,(H,13,14);1-2H3. The van der Waals surface area contributed by atoms with E-state index in [-0.39, 0.29) is 17.7 Å². The molecule has 2 N–H and O–H groups in total. The molecule has 166 valence electrons. The zero-order chi connectivity index (χ0) is 22.9. The minimum absolute atomic E-state index is 0.223. The van der Waals surface area contributed by atoms with Gasteiger partial charge in [-0.2, -0.15) is 0 Å². The Hall–Kier alpha value is -2.69. The molecule has 2 atom stereocenters. The molecule has 0 aliphatic rings. The van der Waals surface area contributed by atoms with E-state index in [1.165, 1.54) is 17.7 Å². The average molecular weight is 419 g/mol. The Balaban J connectivity index is 0.000000518. The number of carbonyl (C=O) groups is 2. The van der Waals surface area contributed by atoms with Gasteiger partial charge in [-0.25, -0.2) is 4.39 Å². The van der Waals surface area contributed by atoms with E-state index in [9.17, 15) is 14.0 Å². The summed E-state index contributed by atoms with van der Waals surface area (Å²) in [7, 11) is 0. The zero-order valence-electron chi connectivity index (χ0n) is 18.5. The lowest BCUT2D eigenvalue weighted by atomic mass is 10.0. The molecule has 0 aromatic heterocycles. The SMILES string of the molecule is CC.CC(CCCc1ccccc1)C(=O)O.CC(CCc1ccc(F)cc1)C(=O)O. The van der Waals surface area contributed by atoms with E-state index in [0.29, 0.717) is 12.8 Å². The molecule has 4 nitrogen and oxygen atoms in total. The van der Waals surface area contributed by atoms with Crippen LogP contribution in [0.4, 0.5) is 4.39 Å². The molecule has 2 unspecified atom stereocenters. The van der Waals surface area contributed by atoms with Crippen LogP contribution in [0.5, 0.6) is 0 Å². The first-order chi connectivity index (χ1) is 14.3. The molecular weight excluding hydrogens is 383 g/mol. The van der Waals surface area contributed by atoms with Crippen LogP contribution in [0, 0.1) is 17.7 Å². The van der Waals surface area contributed by atoms with Crippen LogP contribution in [0.1, 0.15) is 58.1 Å². The third kappa shape index (κ3) is 12.7. The molecule has 0 amide bonds. The van der Waals surface area contributed by atoms with Crippen LogP contribution in [-0.2, 0) is 22.4 Å². The van der Waals surface area contributed by atoms with Crippen LogP contribution in [0.2, 0.25) is 0 Å². The first-order valence-corrected chi connectivity index (χ1v) is 10.5. The van der Waals surface area contributed by atoms with Gasteiger partial charge in [0.1, 0.15) is 5.82 Å². The maximum atomic E-state index is 12.5. The Labute approximate surface area is 179 Å². The molecule has 0 bridgehead atoms. The van der Waals surface area contributed by atoms with Crippen molar-refractivity contribution in [3.63, 3.8) is 0 Å². The summed E-state index contributed by atoms with van der Waals surface area (Å²) in [5, 5.41) is 17.3. The van der Waals surface area contributed by atoms with Crippen molar-refractivity contribution in [1.29, 1.82) is 0 Å². The molecule has 0 saturated heterocycles. The van der Waals surface area contributed by atoms with E-state index >= 15 is 0 Å². The van der Waals surface area contributed by atoms with Gasteiger partial charge in [-0.15, -0.1) is 0 Å². The topological polar surface area (TPSA) is 74.6 Å². The van der Waals surface area contributed by atoms with E-state index in [4.69, 9.17) is 10.2 Å². The highest BCUT2D eigenvalue weighted by Gasteiger charge is 2.10. The molecular formula is C25H35FO4. The smallest absolute Gasteiger partial charge is 0.306 e. The normalized spacial score (nSPS) is 11.8. The van der Waals surface area contributed by atoms with Gasteiger partial charge in [-0.1, -0.05) is 70.2 Å². The highest BCUT2D eigenvalue weighted by Crippen LogP contribution is 2.11. The summed E-state index contributed by atoms with van der Waals surface area (Å²) in [5.74, 6) is -2.32. The van der Waals surface area contributed by atoms with Crippen LogP contribution >= 0.6 is 0 Å². The van der Waals surface area contributed by atoms with Gasteiger partial charge in [0.05, 0.1) is 11.8 Å². The van der Waals surface area contributed by atoms with Gasteiger partial charge in [0.2, 0.25) is 0 Å². The van der Waals surface area contributed by atoms with Crippen molar-refractivity contribution >= 4 is 11.9 Å².